The minimum atomic E-state index is -1.12. The van der Waals surface area contributed by atoms with Crippen molar-refractivity contribution >= 4 is 29.0 Å². The number of nitrogens with one attached hydrogen (secondary N) is 3. The molecule has 1 aromatic heterocycles. The average Bonchev–Trinajstić information content (AvgIpc) is 3.65. The monoisotopic (exact) mass is 448 g/mol. The van der Waals surface area contributed by atoms with Gasteiger partial charge in [-0.05, 0) is 61.4 Å². The molecule has 3 N–H and O–H groups in total. The maximum Gasteiger partial charge on any atom is 0.240 e. The summed E-state index contributed by atoms with van der Waals surface area (Å²) >= 11 is 0. The SMILES string of the molecule is O=C(Nc1ccc(F)cc1)C1(C(=O)Nc2ccc(Oc3ccnc4c3OCCN4)cc2)CC1. The number of halogens is 1. The van der Waals surface area contributed by atoms with Crippen LogP contribution in [0.15, 0.2) is 60.8 Å². The van der Waals surface area contributed by atoms with Gasteiger partial charge in [0.25, 0.3) is 0 Å². The molecular formula is C24H21FN4O4. The minimum Gasteiger partial charge on any atom is -0.485 e. The van der Waals surface area contributed by atoms with E-state index < -0.39 is 17.1 Å². The fourth-order valence-corrected chi connectivity index (χ4v) is 3.55. The molecular weight excluding hydrogens is 427 g/mol. The number of amides is 2. The Morgan fingerprint density at radius 2 is 1.61 bits per heavy atom. The third kappa shape index (κ3) is 4.30. The van der Waals surface area contributed by atoms with Crippen LogP contribution < -0.4 is 25.4 Å². The van der Waals surface area contributed by atoms with Crippen LogP contribution in [-0.2, 0) is 9.59 Å². The first-order valence-corrected chi connectivity index (χ1v) is 10.6. The first-order chi connectivity index (χ1) is 16.0. The topological polar surface area (TPSA) is 102 Å². The van der Waals surface area contributed by atoms with E-state index in [1.165, 1.54) is 24.3 Å². The number of hydrogen-bond donors (Lipinski definition) is 3. The summed E-state index contributed by atoms with van der Waals surface area (Å²) < 4.78 is 24.6. The van der Waals surface area contributed by atoms with Gasteiger partial charge in [0.15, 0.2) is 11.6 Å². The van der Waals surface area contributed by atoms with Crippen molar-refractivity contribution in [2.24, 2.45) is 5.41 Å². The second-order valence-corrected chi connectivity index (χ2v) is 7.89. The van der Waals surface area contributed by atoms with Crippen molar-refractivity contribution in [1.29, 1.82) is 0 Å². The molecule has 5 rings (SSSR count). The van der Waals surface area contributed by atoms with Crippen molar-refractivity contribution in [3.8, 4) is 17.2 Å². The zero-order chi connectivity index (χ0) is 22.8. The highest BCUT2D eigenvalue weighted by molar-refractivity contribution is 6.16. The van der Waals surface area contributed by atoms with Crippen molar-refractivity contribution in [3.05, 3.63) is 66.6 Å². The lowest BCUT2D eigenvalue weighted by atomic mass is 10.0. The van der Waals surface area contributed by atoms with Crippen molar-refractivity contribution in [3.63, 3.8) is 0 Å². The number of aromatic nitrogens is 1. The number of hydrogen-bond acceptors (Lipinski definition) is 6. The zero-order valence-electron chi connectivity index (χ0n) is 17.6. The van der Waals surface area contributed by atoms with Gasteiger partial charge in [-0.1, -0.05) is 0 Å². The van der Waals surface area contributed by atoms with Gasteiger partial charge in [0.1, 0.15) is 23.6 Å². The minimum absolute atomic E-state index is 0.376. The summed E-state index contributed by atoms with van der Waals surface area (Å²) in [6, 6.07) is 14.0. The number of rotatable bonds is 6. The molecule has 33 heavy (non-hydrogen) atoms. The summed E-state index contributed by atoms with van der Waals surface area (Å²) in [6.07, 6.45) is 2.54. The fraction of sp³-hybridized carbons (Fsp3) is 0.208. The molecule has 0 bridgehead atoms. The average molecular weight is 448 g/mol. The number of carbonyl (C=O) groups is 2. The van der Waals surface area contributed by atoms with E-state index in [-0.39, 0.29) is 5.91 Å². The number of ether oxygens (including phenoxy) is 2. The second-order valence-electron chi connectivity index (χ2n) is 7.89. The van der Waals surface area contributed by atoms with Crippen LogP contribution in [0.4, 0.5) is 21.6 Å². The van der Waals surface area contributed by atoms with Gasteiger partial charge < -0.3 is 25.4 Å². The lowest BCUT2D eigenvalue weighted by molar-refractivity contribution is -0.131. The fourth-order valence-electron chi connectivity index (χ4n) is 3.55. The van der Waals surface area contributed by atoms with Crippen LogP contribution in [0.5, 0.6) is 17.2 Å². The van der Waals surface area contributed by atoms with Crippen molar-refractivity contribution in [1.82, 2.24) is 4.98 Å². The Morgan fingerprint density at radius 3 is 2.24 bits per heavy atom. The van der Waals surface area contributed by atoms with E-state index in [4.69, 9.17) is 9.47 Å². The quantitative estimate of drug-likeness (QED) is 0.489. The normalized spacial score (nSPS) is 15.3. The molecule has 1 fully saturated rings. The Hall–Kier alpha value is -4.14. The van der Waals surface area contributed by atoms with Gasteiger partial charge in [-0.25, -0.2) is 9.37 Å². The summed E-state index contributed by atoms with van der Waals surface area (Å²) in [6.45, 7) is 1.21. The Morgan fingerprint density at radius 1 is 0.970 bits per heavy atom. The van der Waals surface area contributed by atoms with Crippen LogP contribution in [0.3, 0.4) is 0 Å². The summed E-state index contributed by atoms with van der Waals surface area (Å²) in [5.74, 6) is 1.12. The molecule has 1 aliphatic carbocycles. The second kappa shape index (κ2) is 8.42. The number of pyridine rings is 1. The van der Waals surface area contributed by atoms with Gasteiger partial charge in [-0.3, -0.25) is 9.59 Å². The number of carbonyl (C=O) groups excluding carboxylic acids is 2. The lowest BCUT2D eigenvalue weighted by Crippen LogP contribution is -2.35. The Balaban J connectivity index is 1.23. The molecule has 2 amide bonds. The van der Waals surface area contributed by atoms with E-state index in [1.54, 1.807) is 36.5 Å². The van der Waals surface area contributed by atoms with Gasteiger partial charge in [0, 0.05) is 23.6 Å². The molecule has 0 saturated heterocycles. The van der Waals surface area contributed by atoms with Crippen molar-refractivity contribution < 1.29 is 23.5 Å². The maximum absolute atomic E-state index is 13.1. The van der Waals surface area contributed by atoms with Crippen LogP contribution in [0, 0.1) is 11.2 Å². The molecule has 1 saturated carbocycles. The van der Waals surface area contributed by atoms with Crippen LogP contribution in [-0.4, -0.2) is 29.9 Å². The van der Waals surface area contributed by atoms with Gasteiger partial charge in [0.05, 0.1) is 6.54 Å². The molecule has 2 heterocycles. The zero-order valence-corrected chi connectivity index (χ0v) is 17.6. The van der Waals surface area contributed by atoms with E-state index in [0.29, 0.717) is 60.4 Å². The van der Waals surface area contributed by atoms with Crippen LogP contribution in [0.1, 0.15) is 12.8 Å². The van der Waals surface area contributed by atoms with Crippen LogP contribution in [0.25, 0.3) is 0 Å². The first-order valence-electron chi connectivity index (χ1n) is 10.6. The summed E-state index contributed by atoms with van der Waals surface area (Å²) in [5.41, 5.74) is -0.133. The number of benzene rings is 2. The van der Waals surface area contributed by atoms with E-state index >= 15 is 0 Å². The highest BCUT2D eigenvalue weighted by atomic mass is 19.1. The molecule has 1 aliphatic heterocycles. The van der Waals surface area contributed by atoms with Gasteiger partial charge in [-0.2, -0.15) is 0 Å². The number of anilines is 3. The smallest absolute Gasteiger partial charge is 0.240 e. The highest BCUT2D eigenvalue weighted by Crippen LogP contribution is 2.47. The Labute approximate surface area is 189 Å². The highest BCUT2D eigenvalue weighted by Gasteiger charge is 2.56. The van der Waals surface area contributed by atoms with Crippen LogP contribution >= 0.6 is 0 Å². The Kier molecular flexibility index (Phi) is 5.29. The van der Waals surface area contributed by atoms with Crippen LogP contribution in [0.2, 0.25) is 0 Å². The predicted octanol–water partition coefficient (Wildman–Crippen LogP) is 4.17. The standard InChI is InChI=1S/C24H21FN4O4/c25-15-1-3-16(4-2-15)28-22(30)24(10-11-24)23(31)29-17-5-7-18(8-6-17)33-19-9-12-26-21-20(19)32-14-13-27-21/h1-9,12H,10-11,13-14H2,(H,26,27)(H,28,30)(H,29,31). The van der Waals surface area contributed by atoms with Crippen molar-refractivity contribution in [2.45, 2.75) is 12.8 Å². The molecule has 168 valence electrons. The van der Waals surface area contributed by atoms with Gasteiger partial charge in [-0.15, -0.1) is 0 Å². The third-order valence-electron chi connectivity index (χ3n) is 5.57. The third-order valence-corrected chi connectivity index (χ3v) is 5.57. The molecule has 0 spiro atoms. The largest absolute Gasteiger partial charge is 0.485 e. The molecule has 3 aromatic rings. The molecule has 0 atom stereocenters. The molecule has 2 aromatic carbocycles. The van der Waals surface area contributed by atoms with E-state index in [1.807, 2.05) is 0 Å². The lowest BCUT2D eigenvalue weighted by Gasteiger charge is -2.20. The van der Waals surface area contributed by atoms with E-state index in [2.05, 4.69) is 20.9 Å². The predicted molar refractivity (Wildman–Crippen MR) is 120 cm³/mol. The molecule has 8 nitrogen and oxygen atoms in total. The maximum atomic E-state index is 13.1. The Bertz CT molecular complexity index is 1190. The summed E-state index contributed by atoms with van der Waals surface area (Å²) in [4.78, 5) is 29.7. The van der Waals surface area contributed by atoms with Gasteiger partial charge >= 0.3 is 0 Å². The number of fused-ring (bicyclic) bond motifs is 1. The summed E-state index contributed by atoms with van der Waals surface area (Å²) in [5, 5.41) is 8.65. The first kappa shape index (κ1) is 20.7. The molecule has 0 radical (unpaired) electrons. The van der Waals surface area contributed by atoms with E-state index in [9.17, 15) is 14.0 Å². The van der Waals surface area contributed by atoms with E-state index in [0.717, 1.165) is 0 Å². The summed E-state index contributed by atoms with van der Waals surface area (Å²) in [7, 11) is 0. The molecule has 0 unspecified atom stereocenters. The van der Waals surface area contributed by atoms with Crippen molar-refractivity contribution in [2.75, 3.05) is 29.1 Å². The molecule has 9 heteroatoms. The van der Waals surface area contributed by atoms with Gasteiger partial charge in [0.2, 0.25) is 17.6 Å². The number of nitrogens with zero attached hydrogens (tertiary/aromatic N) is 1. The molecule has 2 aliphatic rings.